The van der Waals surface area contributed by atoms with Gasteiger partial charge in [-0.1, -0.05) is 46.3 Å². The van der Waals surface area contributed by atoms with Crippen molar-refractivity contribution in [1.82, 2.24) is 0 Å². The molecular formula is C18H19BrO2. The van der Waals surface area contributed by atoms with Gasteiger partial charge in [-0.25, -0.2) is 0 Å². The van der Waals surface area contributed by atoms with Crippen LogP contribution in [0.1, 0.15) is 37.0 Å². The molecule has 1 saturated carbocycles. The average Bonchev–Trinajstić information content (AvgIpc) is 3.31. The summed E-state index contributed by atoms with van der Waals surface area (Å²) < 4.78 is 6.65. The molecule has 3 rings (SSSR count). The van der Waals surface area contributed by atoms with Crippen LogP contribution in [0.15, 0.2) is 53.0 Å². The van der Waals surface area contributed by atoms with Gasteiger partial charge in [0.15, 0.2) is 0 Å². The van der Waals surface area contributed by atoms with Crippen LogP contribution in [0.2, 0.25) is 0 Å². The van der Waals surface area contributed by atoms with Crippen molar-refractivity contribution < 1.29 is 9.84 Å². The summed E-state index contributed by atoms with van der Waals surface area (Å²) in [5, 5.41) is 11.0. The van der Waals surface area contributed by atoms with E-state index in [4.69, 9.17) is 4.74 Å². The first-order valence-corrected chi connectivity index (χ1v) is 8.12. The molecule has 1 aliphatic carbocycles. The Morgan fingerprint density at radius 1 is 1.19 bits per heavy atom. The molecule has 2 nitrogen and oxygen atoms in total. The Balaban J connectivity index is 1.99. The molecule has 1 unspecified atom stereocenters. The third kappa shape index (κ3) is 2.72. The maximum absolute atomic E-state index is 11.0. The third-order valence-corrected chi connectivity index (χ3v) is 4.72. The number of benzene rings is 2. The van der Waals surface area contributed by atoms with E-state index < -0.39 is 6.10 Å². The molecule has 1 N–H and O–H groups in total. The largest absolute Gasteiger partial charge is 0.493 e. The van der Waals surface area contributed by atoms with Gasteiger partial charge in [-0.3, -0.25) is 0 Å². The van der Waals surface area contributed by atoms with E-state index in [0.717, 1.165) is 28.6 Å². The van der Waals surface area contributed by atoms with Crippen molar-refractivity contribution in [2.24, 2.45) is 0 Å². The minimum Gasteiger partial charge on any atom is -0.493 e. The molecule has 0 radical (unpaired) electrons. The van der Waals surface area contributed by atoms with Crippen LogP contribution in [-0.4, -0.2) is 11.7 Å². The van der Waals surface area contributed by atoms with Crippen molar-refractivity contribution >= 4 is 15.9 Å². The maximum Gasteiger partial charge on any atom is 0.125 e. The highest BCUT2D eigenvalue weighted by Crippen LogP contribution is 2.57. The van der Waals surface area contributed by atoms with Gasteiger partial charge in [0.2, 0.25) is 0 Å². The van der Waals surface area contributed by atoms with Crippen LogP contribution in [0.3, 0.4) is 0 Å². The lowest BCUT2D eigenvalue weighted by atomic mass is 9.85. The van der Waals surface area contributed by atoms with Crippen LogP contribution in [0.25, 0.3) is 0 Å². The summed E-state index contributed by atoms with van der Waals surface area (Å²) in [6.45, 7) is 2.56. The first-order chi connectivity index (χ1) is 10.2. The number of aliphatic hydroxyl groups is 1. The minimum absolute atomic E-state index is 0.159. The van der Waals surface area contributed by atoms with Crippen molar-refractivity contribution in [3.8, 4) is 5.75 Å². The summed E-state index contributed by atoms with van der Waals surface area (Å²) in [6, 6.07) is 16.1. The van der Waals surface area contributed by atoms with Gasteiger partial charge in [0.25, 0.3) is 0 Å². The van der Waals surface area contributed by atoms with Crippen molar-refractivity contribution in [2.75, 3.05) is 6.61 Å². The zero-order chi connectivity index (χ0) is 14.9. The number of hydrogen-bond donors (Lipinski definition) is 1. The predicted octanol–water partition coefficient (Wildman–Crippen LogP) is 4.61. The summed E-state index contributed by atoms with van der Waals surface area (Å²) >= 11 is 3.49. The summed E-state index contributed by atoms with van der Waals surface area (Å²) in [5.74, 6) is 0.774. The lowest BCUT2D eigenvalue weighted by molar-refractivity contribution is 0.128. The lowest BCUT2D eigenvalue weighted by Crippen LogP contribution is -2.19. The van der Waals surface area contributed by atoms with Gasteiger partial charge < -0.3 is 9.84 Å². The highest BCUT2D eigenvalue weighted by Gasteiger charge is 2.51. The van der Waals surface area contributed by atoms with Gasteiger partial charge in [-0.2, -0.15) is 0 Å². The van der Waals surface area contributed by atoms with Crippen LogP contribution in [0.5, 0.6) is 5.75 Å². The fourth-order valence-corrected chi connectivity index (χ4v) is 3.32. The van der Waals surface area contributed by atoms with Gasteiger partial charge in [-0.05, 0) is 43.5 Å². The van der Waals surface area contributed by atoms with E-state index in [-0.39, 0.29) is 5.41 Å². The summed E-state index contributed by atoms with van der Waals surface area (Å²) in [5.41, 5.74) is 1.92. The van der Waals surface area contributed by atoms with Crippen molar-refractivity contribution in [3.05, 3.63) is 64.1 Å². The number of aliphatic hydroxyl groups excluding tert-OH is 1. The van der Waals surface area contributed by atoms with Gasteiger partial charge in [0.1, 0.15) is 5.75 Å². The van der Waals surface area contributed by atoms with Gasteiger partial charge >= 0.3 is 0 Å². The van der Waals surface area contributed by atoms with E-state index in [1.807, 2.05) is 43.3 Å². The second-order valence-electron chi connectivity index (χ2n) is 5.54. The van der Waals surface area contributed by atoms with Crippen LogP contribution in [0, 0.1) is 0 Å². The van der Waals surface area contributed by atoms with Crippen molar-refractivity contribution in [1.29, 1.82) is 0 Å². The van der Waals surface area contributed by atoms with Crippen LogP contribution in [0.4, 0.5) is 0 Å². The lowest BCUT2D eigenvalue weighted by Gasteiger charge is -2.25. The topological polar surface area (TPSA) is 29.5 Å². The van der Waals surface area contributed by atoms with Crippen LogP contribution in [-0.2, 0) is 5.41 Å². The molecule has 0 spiro atoms. The number of halogens is 1. The SMILES string of the molecule is CCOc1ccc(Br)cc1C(O)C1(c2ccccc2)CC1. The quantitative estimate of drug-likeness (QED) is 0.856. The normalized spacial score (nSPS) is 17.3. The first-order valence-electron chi connectivity index (χ1n) is 7.33. The Bertz CT molecular complexity index is 620. The Morgan fingerprint density at radius 2 is 1.90 bits per heavy atom. The highest BCUT2D eigenvalue weighted by atomic mass is 79.9. The third-order valence-electron chi connectivity index (χ3n) is 4.23. The van der Waals surface area contributed by atoms with E-state index in [1.54, 1.807) is 0 Å². The summed E-state index contributed by atoms with van der Waals surface area (Å²) in [4.78, 5) is 0. The molecule has 0 amide bonds. The molecular weight excluding hydrogens is 328 g/mol. The molecule has 2 aromatic carbocycles. The van der Waals surface area contributed by atoms with Crippen molar-refractivity contribution in [2.45, 2.75) is 31.3 Å². The van der Waals surface area contributed by atoms with Gasteiger partial charge in [0, 0.05) is 15.5 Å². The molecule has 0 bridgehead atoms. The fourth-order valence-electron chi connectivity index (χ4n) is 2.94. The van der Waals surface area contributed by atoms with E-state index in [1.165, 1.54) is 5.56 Å². The second-order valence-corrected chi connectivity index (χ2v) is 6.46. The monoisotopic (exact) mass is 346 g/mol. The smallest absolute Gasteiger partial charge is 0.125 e. The van der Waals surface area contributed by atoms with E-state index in [2.05, 4.69) is 28.1 Å². The van der Waals surface area contributed by atoms with Crippen LogP contribution >= 0.6 is 15.9 Å². The second kappa shape index (κ2) is 5.82. The number of ether oxygens (including phenoxy) is 1. The number of rotatable bonds is 5. The molecule has 2 aromatic rings. The molecule has 0 saturated heterocycles. The molecule has 1 aliphatic rings. The zero-order valence-electron chi connectivity index (χ0n) is 12.1. The average molecular weight is 347 g/mol. The molecule has 1 atom stereocenters. The first kappa shape index (κ1) is 14.6. The summed E-state index contributed by atoms with van der Waals surface area (Å²) in [6.07, 6.45) is 1.48. The van der Waals surface area contributed by atoms with Gasteiger partial charge in [0.05, 0.1) is 12.7 Å². The Morgan fingerprint density at radius 3 is 2.52 bits per heavy atom. The standard InChI is InChI=1S/C18H19BrO2/c1-2-21-16-9-8-14(19)12-15(16)17(20)18(10-11-18)13-6-4-3-5-7-13/h3-9,12,17,20H,2,10-11H2,1H3. The molecule has 1 fully saturated rings. The fraction of sp³-hybridized carbons (Fsp3) is 0.333. The highest BCUT2D eigenvalue weighted by molar-refractivity contribution is 9.10. The van der Waals surface area contributed by atoms with Crippen LogP contribution < -0.4 is 4.74 Å². The predicted molar refractivity (Wildman–Crippen MR) is 87.6 cm³/mol. The molecule has 0 aromatic heterocycles. The summed E-state index contributed by atoms with van der Waals surface area (Å²) in [7, 11) is 0. The van der Waals surface area contributed by atoms with E-state index in [9.17, 15) is 5.11 Å². The Hall–Kier alpha value is -1.32. The van der Waals surface area contributed by atoms with Crippen molar-refractivity contribution in [3.63, 3.8) is 0 Å². The maximum atomic E-state index is 11.0. The minimum atomic E-state index is -0.543. The molecule has 0 heterocycles. The molecule has 0 aliphatic heterocycles. The Labute approximate surface area is 133 Å². The van der Waals surface area contributed by atoms with E-state index in [0.29, 0.717) is 6.61 Å². The Kier molecular flexibility index (Phi) is 4.05. The zero-order valence-corrected chi connectivity index (χ0v) is 13.6. The molecule has 110 valence electrons. The number of hydrogen-bond acceptors (Lipinski definition) is 2. The van der Waals surface area contributed by atoms with Gasteiger partial charge in [-0.15, -0.1) is 0 Å². The van der Waals surface area contributed by atoms with E-state index >= 15 is 0 Å². The molecule has 21 heavy (non-hydrogen) atoms. The molecule has 3 heteroatoms.